The third-order valence-corrected chi connectivity index (χ3v) is 11.6. The fourth-order valence-corrected chi connectivity index (χ4v) is 9.30. The second-order valence-electron chi connectivity index (χ2n) is 14.0. The third kappa shape index (κ3) is 5.03. The fourth-order valence-electron chi connectivity index (χ4n) is 9.30. The first kappa shape index (κ1) is 32.4. The number of hydrogen-bond acceptors (Lipinski definition) is 7. The number of phenolic OH excluding ortho intramolecular Hbond substituents is 2. The number of carbonyl (C=O) groups excluding carboxylic acids is 4. The average molecular weight is 680 g/mol. The first-order chi connectivity index (χ1) is 24.7. The number of carbonyl (C=O) groups is 4. The van der Waals surface area contributed by atoms with E-state index < -0.39 is 35.0 Å². The van der Waals surface area contributed by atoms with Crippen molar-refractivity contribution in [1.29, 1.82) is 0 Å². The minimum absolute atomic E-state index is 0.0838. The number of aromatic hydroxyl groups is 2. The Hall–Kier alpha value is -5.76. The molecule has 1 saturated heterocycles. The number of phenols is 2. The summed E-state index contributed by atoms with van der Waals surface area (Å²) in [5.41, 5.74) is 2.31. The van der Waals surface area contributed by atoms with Crippen molar-refractivity contribution < 1.29 is 34.1 Å². The highest BCUT2D eigenvalue weighted by Crippen LogP contribution is 2.64. The van der Waals surface area contributed by atoms with E-state index in [1.807, 2.05) is 66.7 Å². The predicted octanol–water partition coefficient (Wildman–Crippen LogP) is 6.17. The molecule has 6 unspecified atom stereocenters. The monoisotopic (exact) mass is 679 g/mol. The van der Waals surface area contributed by atoms with Crippen LogP contribution in [-0.2, 0) is 31.0 Å². The van der Waals surface area contributed by atoms with Crippen molar-refractivity contribution in [3.8, 4) is 17.2 Å². The number of imide groups is 1. The molecule has 4 aromatic rings. The van der Waals surface area contributed by atoms with Crippen molar-refractivity contribution in [3.63, 3.8) is 0 Å². The number of Topliss-reactive ketones (excluding diaryl/α,β-unsaturated/α-hetero) is 1. The van der Waals surface area contributed by atoms with Crippen LogP contribution in [0.4, 0.5) is 0 Å². The van der Waals surface area contributed by atoms with Crippen molar-refractivity contribution in [1.82, 2.24) is 4.90 Å². The van der Waals surface area contributed by atoms with Gasteiger partial charge in [-0.1, -0.05) is 90.5 Å². The van der Waals surface area contributed by atoms with Crippen molar-refractivity contribution in [2.45, 2.75) is 30.6 Å². The Labute approximate surface area is 295 Å². The molecule has 51 heavy (non-hydrogen) atoms. The van der Waals surface area contributed by atoms with E-state index in [-0.39, 0.29) is 47.8 Å². The Morgan fingerprint density at radius 2 is 1.53 bits per heavy atom. The minimum atomic E-state index is -1.43. The van der Waals surface area contributed by atoms with Crippen LogP contribution < -0.4 is 4.74 Å². The zero-order valence-corrected chi connectivity index (χ0v) is 28.1. The van der Waals surface area contributed by atoms with E-state index in [1.54, 1.807) is 36.4 Å². The first-order valence-corrected chi connectivity index (χ1v) is 17.3. The second-order valence-corrected chi connectivity index (χ2v) is 14.0. The SMILES string of the molecule is COc1ccc(C2C3=CCC4C(=O)N(CCc5ccc(O)cc5)C(=O)C4C3CC3C(=O)C(c4ccccc4)=CC(=O)C32c2ccccc2)c(O)c1. The number of benzene rings is 4. The summed E-state index contributed by atoms with van der Waals surface area (Å²) < 4.78 is 5.41. The molecule has 3 aliphatic carbocycles. The molecule has 8 rings (SSSR count). The molecule has 8 nitrogen and oxygen atoms in total. The summed E-state index contributed by atoms with van der Waals surface area (Å²) in [5.74, 6) is -4.03. The molecule has 1 aliphatic heterocycles. The largest absolute Gasteiger partial charge is 0.508 e. The number of fused-ring (bicyclic) bond motifs is 4. The smallest absolute Gasteiger partial charge is 0.233 e. The van der Waals surface area contributed by atoms with Crippen LogP contribution in [0.1, 0.15) is 41.0 Å². The number of ether oxygens (including phenoxy) is 1. The summed E-state index contributed by atoms with van der Waals surface area (Å²) in [6, 6.07) is 30.1. The fraction of sp³-hybridized carbons (Fsp3) is 0.256. The molecule has 0 spiro atoms. The van der Waals surface area contributed by atoms with Crippen molar-refractivity contribution in [2.24, 2.45) is 23.7 Å². The van der Waals surface area contributed by atoms with Crippen LogP contribution in [0.5, 0.6) is 17.2 Å². The summed E-state index contributed by atoms with van der Waals surface area (Å²) >= 11 is 0. The van der Waals surface area contributed by atoms with Crippen molar-refractivity contribution in [2.75, 3.05) is 13.7 Å². The van der Waals surface area contributed by atoms with Gasteiger partial charge >= 0.3 is 0 Å². The van der Waals surface area contributed by atoms with Gasteiger partial charge in [-0.2, -0.15) is 0 Å². The van der Waals surface area contributed by atoms with Crippen LogP contribution in [0.2, 0.25) is 0 Å². The summed E-state index contributed by atoms with van der Waals surface area (Å²) in [6.07, 6.45) is 4.38. The number of allylic oxidation sites excluding steroid dienone is 4. The molecule has 1 saturated carbocycles. The van der Waals surface area contributed by atoms with E-state index in [2.05, 4.69) is 0 Å². The third-order valence-electron chi connectivity index (χ3n) is 11.6. The number of nitrogens with zero attached hydrogens (tertiary/aromatic N) is 1. The molecule has 6 atom stereocenters. The molecular weight excluding hydrogens is 642 g/mol. The molecule has 256 valence electrons. The van der Waals surface area contributed by atoms with Gasteiger partial charge in [-0.25, -0.2) is 0 Å². The van der Waals surface area contributed by atoms with Gasteiger partial charge in [0.25, 0.3) is 0 Å². The number of rotatable bonds is 7. The lowest BCUT2D eigenvalue weighted by molar-refractivity contribution is -0.140. The zero-order chi connectivity index (χ0) is 35.4. The van der Waals surface area contributed by atoms with E-state index in [4.69, 9.17) is 4.74 Å². The van der Waals surface area contributed by atoms with Crippen LogP contribution in [0, 0.1) is 23.7 Å². The highest BCUT2D eigenvalue weighted by atomic mass is 16.5. The number of methoxy groups -OCH3 is 1. The maximum absolute atomic E-state index is 15.1. The molecule has 2 fully saturated rings. The molecule has 0 aromatic heterocycles. The van der Waals surface area contributed by atoms with Crippen LogP contribution in [0.25, 0.3) is 5.57 Å². The number of ketones is 2. The van der Waals surface area contributed by atoms with Crippen LogP contribution >= 0.6 is 0 Å². The van der Waals surface area contributed by atoms with Gasteiger partial charge in [0, 0.05) is 35.6 Å². The van der Waals surface area contributed by atoms with E-state index in [9.17, 15) is 19.8 Å². The number of likely N-dealkylation sites (tertiary alicyclic amines) is 1. The standard InChI is InChI=1S/C43H37NO7/c1-51-29-16-17-31(36(46)22-29)39-30-18-19-32-38(42(50)44(41(32)49)21-20-25-12-14-28(45)15-13-25)34(30)23-35-40(48)33(26-8-4-2-5-9-26)24-37(47)43(35,39)27-10-6-3-7-11-27/h2-18,22,24,32,34-35,38-39,45-46H,19-21,23H2,1H3. The Morgan fingerprint density at radius 3 is 2.22 bits per heavy atom. The highest BCUT2D eigenvalue weighted by Gasteiger charge is 2.66. The van der Waals surface area contributed by atoms with Gasteiger partial charge in [-0.3, -0.25) is 24.1 Å². The molecule has 2 amide bonds. The maximum atomic E-state index is 15.1. The summed E-state index contributed by atoms with van der Waals surface area (Å²) in [5, 5.41) is 21.4. The zero-order valence-electron chi connectivity index (χ0n) is 28.1. The molecular formula is C43H37NO7. The lowest BCUT2D eigenvalue weighted by Gasteiger charge is -2.55. The highest BCUT2D eigenvalue weighted by molar-refractivity contribution is 6.31. The molecule has 0 bridgehead atoms. The first-order valence-electron chi connectivity index (χ1n) is 17.3. The van der Waals surface area contributed by atoms with E-state index in [1.165, 1.54) is 24.2 Å². The lowest BCUT2D eigenvalue weighted by atomic mass is 9.44. The molecule has 4 aliphatic rings. The van der Waals surface area contributed by atoms with Gasteiger partial charge in [0.15, 0.2) is 11.6 Å². The second kappa shape index (κ2) is 12.5. The number of hydrogen-bond donors (Lipinski definition) is 2. The van der Waals surface area contributed by atoms with Gasteiger partial charge < -0.3 is 14.9 Å². The van der Waals surface area contributed by atoms with Gasteiger partial charge in [0.1, 0.15) is 17.2 Å². The normalized spacial score (nSPS) is 26.9. The Kier molecular flexibility index (Phi) is 7.97. The predicted molar refractivity (Wildman–Crippen MR) is 190 cm³/mol. The van der Waals surface area contributed by atoms with E-state index in [0.717, 1.165) is 11.1 Å². The summed E-state index contributed by atoms with van der Waals surface area (Å²) in [4.78, 5) is 59.8. The van der Waals surface area contributed by atoms with Crippen molar-refractivity contribution in [3.05, 3.63) is 143 Å². The van der Waals surface area contributed by atoms with Gasteiger partial charge in [0.05, 0.1) is 24.4 Å². The summed E-state index contributed by atoms with van der Waals surface area (Å²) in [6.45, 7) is 0.190. The van der Waals surface area contributed by atoms with Crippen molar-refractivity contribution >= 4 is 29.0 Å². The maximum Gasteiger partial charge on any atom is 0.233 e. The molecule has 2 N–H and O–H groups in total. The topological polar surface area (TPSA) is 121 Å². The molecule has 4 aromatic carbocycles. The quantitative estimate of drug-likeness (QED) is 0.177. The minimum Gasteiger partial charge on any atom is -0.508 e. The Bertz CT molecular complexity index is 2120. The molecule has 0 radical (unpaired) electrons. The Morgan fingerprint density at radius 1 is 0.824 bits per heavy atom. The average Bonchev–Trinajstić information content (AvgIpc) is 3.40. The van der Waals surface area contributed by atoms with Crippen LogP contribution in [-0.4, -0.2) is 52.1 Å². The Balaban J connectivity index is 1.29. The van der Waals surface area contributed by atoms with Gasteiger partial charge in [0.2, 0.25) is 11.8 Å². The van der Waals surface area contributed by atoms with Gasteiger partial charge in [-0.15, -0.1) is 0 Å². The van der Waals surface area contributed by atoms with E-state index in [0.29, 0.717) is 40.9 Å². The lowest BCUT2D eigenvalue weighted by Crippen LogP contribution is -2.58. The van der Waals surface area contributed by atoms with Gasteiger partial charge in [-0.05, 0) is 66.1 Å². The van der Waals surface area contributed by atoms with Crippen LogP contribution in [0.15, 0.2) is 121 Å². The summed E-state index contributed by atoms with van der Waals surface area (Å²) in [7, 11) is 1.51. The number of amides is 2. The van der Waals surface area contributed by atoms with E-state index >= 15 is 9.59 Å². The molecule has 1 heterocycles. The van der Waals surface area contributed by atoms with Crippen LogP contribution in [0.3, 0.4) is 0 Å². The molecule has 8 heteroatoms.